The first-order chi connectivity index (χ1) is 25.5. The van der Waals surface area contributed by atoms with Gasteiger partial charge in [-0.25, -0.2) is 4.79 Å². The van der Waals surface area contributed by atoms with Crippen molar-refractivity contribution >= 4 is 41.2 Å². The average molecular weight is 749 g/mol. The zero-order chi connectivity index (χ0) is 40.1. The van der Waals surface area contributed by atoms with Crippen LogP contribution in [-0.2, 0) is 25.6 Å². The van der Waals surface area contributed by atoms with Crippen LogP contribution in [0.5, 0.6) is 11.5 Å². The maximum absolute atomic E-state index is 13.8. The number of aliphatic hydroxyl groups is 1. The monoisotopic (exact) mass is 748 g/mol. The Morgan fingerprint density at radius 3 is 2.06 bits per heavy atom. The molecule has 0 aromatic heterocycles. The number of aromatic hydroxyl groups is 2. The molecule has 290 valence electrons. The third kappa shape index (κ3) is 12.6. The lowest BCUT2D eigenvalue weighted by Gasteiger charge is -2.29. The van der Waals surface area contributed by atoms with Crippen molar-refractivity contribution in [1.29, 1.82) is 0 Å². The summed E-state index contributed by atoms with van der Waals surface area (Å²) in [4.78, 5) is 77.6. The number of amides is 5. The molecule has 0 heterocycles. The summed E-state index contributed by atoms with van der Waals surface area (Å²) in [5.74, 6) is -6.38. The van der Waals surface area contributed by atoms with E-state index in [9.17, 15) is 49.2 Å². The summed E-state index contributed by atoms with van der Waals surface area (Å²) < 4.78 is 0. The lowest BCUT2D eigenvalue weighted by atomic mass is 9.97. The van der Waals surface area contributed by atoms with Gasteiger partial charge in [0.1, 0.15) is 29.6 Å². The summed E-state index contributed by atoms with van der Waals surface area (Å²) in [5, 5.41) is 52.8. The Kier molecular flexibility index (Phi) is 15.5. The van der Waals surface area contributed by atoms with E-state index in [2.05, 4.69) is 26.6 Å². The number of nitrogens with one attached hydrogen (secondary N) is 5. The second kappa shape index (κ2) is 19.7. The number of anilines is 1. The highest BCUT2D eigenvalue weighted by atomic mass is 16.4. The molecular formula is C38H48N6O10. The number of hydrogen-bond acceptors (Lipinski definition) is 10. The minimum absolute atomic E-state index is 0.0180. The van der Waals surface area contributed by atoms with Gasteiger partial charge in [-0.1, -0.05) is 64.1 Å². The van der Waals surface area contributed by atoms with Crippen molar-refractivity contribution in [2.24, 2.45) is 17.6 Å². The summed E-state index contributed by atoms with van der Waals surface area (Å²) >= 11 is 0. The average Bonchev–Trinajstić information content (AvgIpc) is 3.11. The van der Waals surface area contributed by atoms with Crippen molar-refractivity contribution in [2.75, 3.05) is 11.9 Å². The van der Waals surface area contributed by atoms with Gasteiger partial charge in [0.2, 0.25) is 17.7 Å². The highest BCUT2D eigenvalue weighted by molar-refractivity contribution is 5.98. The van der Waals surface area contributed by atoms with Gasteiger partial charge < -0.3 is 52.7 Å². The number of carboxylic acid groups (broad SMARTS) is 1. The molecule has 5 amide bonds. The van der Waals surface area contributed by atoms with Crippen molar-refractivity contribution in [2.45, 2.75) is 70.8 Å². The number of phenols is 2. The molecule has 0 saturated carbocycles. The van der Waals surface area contributed by atoms with Gasteiger partial charge in [0.15, 0.2) is 6.10 Å². The van der Waals surface area contributed by atoms with E-state index >= 15 is 0 Å². The highest BCUT2D eigenvalue weighted by Gasteiger charge is 2.34. The number of rotatable bonds is 18. The lowest BCUT2D eigenvalue weighted by Crippen LogP contribution is -2.60. The first kappa shape index (κ1) is 42.4. The van der Waals surface area contributed by atoms with Gasteiger partial charge in [0.25, 0.3) is 11.8 Å². The fourth-order valence-electron chi connectivity index (χ4n) is 5.38. The Hall–Kier alpha value is -6.00. The van der Waals surface area contributed by atoms with Crippen LogP contribution in [0.25, 0.3) is 0 Å². The molecule has 0 aliphatic carbocycles. The van der Waals surface area contributed by atoms with E-state index in [1.807, 2.05) is 13.8 Å². The Bertz CT molecular complexity index is 1800. The first-order valence-corrected chi connectivity index (χ1v) is 17.3. The van der Waals surface area contributed by atoms with Gasteiger partial charge >= 0.3 is 5.97 Å². The predicted molar refractivity (Wildman–Crippen MR) is 198 cm³/mol. The molecule has 3 aromatic carbocycles. The SMILES string of the molecule is CC(C)C[C@H](NC(=O)[C@@H](NC(=O)[C@@H](N)CNC(=O)c1ccc(O)cc1O)C(C)C)C(=O)N[C@@H](Cc1ccccc1)[C@@H](O)C(=O)Nc1cccc(C(=O)O)c1. The summed E-state index contributed by atoms with van der Waals surface area (Å²) in [6.07, 6.45) is -1.64. The zero-order valence-corrected chi connectivity index (χ0v) is 30.4. The molecule has 0 unspecified atom stereocenters. The molecule has 0 radical (unpaired) electrons. The standard InChI is InChI=1S/C38H48N6O10/c1-20(2)15-29(43-36(51)31(21(3)4)44-34(49)27(39)19-40-33(48)26-14-13-25(45)18-30(26)46)35(50)42-28(16-22-9-6-5-7-10-22)32(47)37(52)41-24-12-8-11-23(17-24)38(53)54/h5-14,17-18,20-21,27-29,31-32,45-47H,15-16,19,39H2,1-4H3,(H,40,48)(H,41,52)(H,42,50)(H,43,51)(H,44,49)(H,53,54)/t27-,28-,29-,31-,32+/m0/s1. The number of carboxylic acids is 1. The van der Waals surface area contributed by atoms with E-state index in [0.717, 1.165) is 6.07 Å². The van der Waals surface area contributed by atoms with Gasteiger partial charge in [0, 0.05) is 18.3 Å². The molecule has 0 fully saturated rings. The van der Waals surface area contributed by atoms with E-state index in [1.165, 1.54) is 36.4 Å². The predicted octanol–water partition coefficient (Wildman–Crippen LogP) is 1.25. The number of aromatic carboxylic acids is 1. The van der Waals surface area contributed by atoms with Crippen LogP contribution in [0.15, 0.2) is 72.8 Å². The second-order valence-corrected chi connectivity index (χ2v) is 13.6. The van der Waals surface area contributed by atoms with Crippen LogP contribution >= 0.6 is 0 Å². The molecular weight excluding hydrogens is 700 g/mol. The van der Waals surface area contributed by atoms with Gasteiger partial charge in [-0.3, -0.25) is 24.0 Å². The van der Waals surface area contributed by atoms with Gasteiger partial charge in [-0.15, -0.1) is 0 Å². The Balaban J connectivity index is 1.74. The topological polar surface area (TPSA) is 270 Å². The molecule has 3 rings (SSSR count). The zero-order valence-electron chi connectivity index (χ0n) is 30.4. The number of aliphatic hydroxyl groups excluding tert-OH is 1. The highest BCUT2D eigenvalue weighted by Crippen LogP contribution is 2.22. The van der Waals surface area contributed by atoms with Crippen LogP contribution in [0.2, 0.25) is 0 Å². The maximum Gasteiger partial charge on any atom is 0.335 e. The Labute approximate surface area is 312 Å². The normalized spacial score (nSPS) is 13.9. The van der Waals surface area contributed by atoms with E-state index in [0.29, 0.717) is 5.56 Å². The third-order valence-electron chi connectivity index (χ3n) is 8.29. The number of hydrogen-bond donors (Lipinski definition) is 10. The molecule has 16 nitrogen and oxygen atoms in total. The van der Waals surface area contributed by atoms with Crippen LogP contribution in [0.1, 0.15) is 60.4 Å². The second-order valence-electron chi connectivity index (χ2n) is 13.6. The molecule has 0 saturated heterocycles. The molecule has 0 bridgehead atoms. The lowest BCUT2D eigenvalue weighted by molar-refractivity contribution is -0.134. The Morgan fingerprint density at radius 1 is 0.759 bits per heavy atom. The van der Waals surface area contributed by atoms with Crippen molar-refractivity contribution in [3.05, 3.63) is 89.5 Å². The summed E-state index contributed by atoms with van der Waals surface area (Å²) in [6.45, 7) is 6.63. The number of phenolic OH excluding ortho intramolecular Hbond substituents is 2. The van der Waals surface area contributed by atoms with Gasteiger partial charge in [-0.05, 0) is 60.6 Å². The largest absolute Gasteiger partial charge is 0.508 e. The summed E-state index contributed by atoms with van der Waals surface area (Å²) in [5.41, 5.74) is 6.57. The number of carbonyl (C=O) groups is 6. The summed E-state index contributed by atoms with van der Waals surface area (Å²) in [6, 6.07) is 12.8. The number of benzene rings is 3. The van der Waals surface area contributed by atoms with Crippen LogP contribution in [-0.4, -0.2) is 92.7 Å². The first-order valence-electron chi connectivity index (χ1n) is 17.3. The molecule has 5 atom stereocenters. The van der Waals surface area contributed by atoms with E-state index in [-0.39, 0.29) is 47.9 Å². The molecule has 0 aliphatic heterocycles. The fourth-order valence-corrected chi connectivity index (χ4v) is 5.38. The molecule has 0 spiro atoms. The number of nitrogens with two attached hydrogens (primary N) is 1. The van der Waals surface area contributed by atoms with Crippen molar-refractivity contribution < 1.29 is 49.2 Å². The van der Waals surface area contributed by atoms with Gasteiger partial charge in [-0.2, -0.15) is 0 Å². The third-order valence-corrected chi connectivity index (χ3v) is 8.29. The minimum Gasteiger partial charge on any atom is -0.508 e. The van der Waals surface area contributed by atoms with Crippen LogP contribution < -0.4 is 32.3 Å². The van der Waals surface area contributed by atoms with Crippen molar-refractivity contribution in [1.82, 2.24) is 21.3 Å². The van der Waals surface area contributed by atoms with E-state index in [4.69, 9.17) is 5.73 Å². The summed E-state index contributed by atoms with van der Waals surface area (Å²) in [7, 11) is 0. The van der Waals surface area contributed by atoms with Crippen molar-refractivity contribution in [3.8, 4) is 11.5 Å². The van der Waals surface area contributed by atoms with E-state index in [1.54, 1.807) is 44.2 Å². The molecule has 54 heavy (non-hydrogen) atoms. The smallest absolute Gasteiger partial charge is 0.335 e. The van der Waals surface area contributed by atoms with Crippen LogP contribution in [0.4, 0.5) is 5.69 Å². The van der Waals surface area contributed by atoms with E-state index < -0.39 is 77.4 Å². The van der Waals surface area contributed by atoms with Crippen molar-refractivity contribution in [3.63, 3.8) is 0 Å². The van der Waals surface area contributed by atoms with Crippen LogP contribution in [0.3, 0.4) is 0 Å². The minimum atomic E-state index is -1.80. The van der Waals surface area contributed by atoms with Crippen LogP contribution in [0, 0.1) is 11.8 Å². The molecule has 3 aromatic rings. The molecule has 0 aliphatic rings. The maximum atomic E-state index is 13.8. The number of carbonyl (C=O) groups excluding carboxylic acids is 5. The molecule has 16 heteroatoms. The van der Waals surface area contributed by atoms with Gasteiger partial charge in [0.05, 0.1) is 17.2 Å². The Morgan fingerprint density at radius 2 is 1.44 bits per heavy atom. The fraction of sp³-hybridized carbons (Fsp3) is 0.368. The molecule has 11 N–H and O–H groups in total. The quantitative estimate of drug-likeness (QED) is 0.0885.